The van der Waals surface area contributed by atoms with Crippen molar-refractivity contribution in [1.82, 2.24) is 9.78 Å². The number of para-hydroxylation sites is 1. The molecule has 1 aromatic heterocycles. The number of aromatic nitrogens is 2. The van der Waals surface area contributed by atoms with Crippen LogP contribution in [0.1, 0.15) is 22.8 Å². The molecule has 0 saturated heterocycles. The molecule has 0 atom stereocenters. The molecule has 7 nitrogen and oxygen atoms in total. The van der Waals surface area contributed by atoms with Gasteiger partial charge in [0.2, 0.25) is 5.69 Å². The number of ketones is 1. The van der Waals surface area contributed by atoms with E-state index in [4.69, 9.17) is 28.6 Å². The van der Waals surface area contributed by atoms with E-state index in [0.717, 1.165) is 16.8 Å². The number of benzene rings is 2. The Morgan fingerprint density at radius 1 is 1.29 bits per heavy atom. The maximum Gasteiger partial charge on any atom is 0.237 e. The number of aliphatic imine (C=N–C) groups is 1. The van der Waals surface area contributed by atoms with Crippen LogP contribution in [0.2, 0.25) is 5.02 Å². The van der Waals surface area contributed by atoms with Crippen molar-refractivity contribution in [3.8, 4) is 28.1 Å². The van der Waals surface area contributed by atoms with Crippen LogP contribution < -0.4 is 10.5 Å². The average molecular weight is 434 g/mol. The summed E-state index contributed by atoms with van der Waals surface area (Å²) in [4.78, 5) is 20.4. The lowest BCUT2D eigenvalue weighted by atomic mass is 9.91. The molecule has 0 radical (unpaired) electrons. The van der Waals surface area contributed by atoms with Crippen molar-refractivity contribution in [2.75, 3.05) is 19.7 Å². The lowest BCUT2D eigenvalue weighted by molar-refractivity contribution is 0.100. The van der Waals surface area contributed by atoms with Crippen LogP contribution in [0.5, 0.6) is 5.75 Å². The molecule has 4 rings (SSSR count). The first kappa shape index (κ1) is 20.8. The van der Waals surface area contributed by atoms with E-state index in [9.17, 15) is 4.79 Å². The lowest BCUT2D eigenvalue weighted by Gasteiger charge is -2.18. The summed E-state index contributed by atoms with van der Waals surface area (Å²) < 4.78 is 7.37. The highest BCUT2D eigenvalue weighted by Crippen LogP contribution is 2.43. The van der Waals surface area contributed by atoms with Crippen molar-refractivity contribution in [3.05, 3.63) is 64.1 Å². The van der Waals surface area contributed by atoms with Gasteiger partial charge in [-0.05, 0) is 30.7 Å². The zero-order valence-electron chi connectivity index (χ0n) is 17.1. The number of nitrogens with zero attached hydrogens (tertiary/aromatic N) is 4. The Hall–Kier alpha value is -3.47. The number of rotatable bonds is 5. The van der Waals surface area contributed by atoms with Crippen molar-refractivity contribution in [3.63, 3.8) is 0 Å². The quantitative estimate of drug-likeness (QED) is 0.607. The third-order valence-corrected chi connectivity index (χ3v) is 5.50. The monoisotopic (exact) mass is 433 g/mol. The zero-order valence-corrected chi connectivity index (χ0v) is 17.9. The number of halogens is 1. The first-order chi connectivity index (χ1) is 15.0. The molecule has 0 spiro atoms. The number of fused-ring (bicyclic) bond motifs is 1. The van der Waals surface area contributed by atoms with Crippen LogP contribution in [0, 0.1) is 6.57 Å². The van der Waals surface area contributed by atoms with E-state index >= 15 is 0 Å². The van der Waals surface area contributed by atoms with Crippen LogP contribution in [-0.4, -0.2) is 41.0 Å². The summed E-state index contributed by atoms with van der Waals surface area (Å²) in [6.45, 7) is 10.3. The van der Waals surface area contributed by atoms with Gasteiger partial charge in [0.15, 0.2) is 5.78 Å². The van der Waals surface area contributed by atoms with E-state index in [1.165, 1.54) is 0 Å². The van der Waals surface area contributed by atoms with Crippen LogP contribution >= 0.6 is 11.6 Å². The zero-order chi connectivity index (χ0) is 22.1. The molecule has 0 unspecified atom stereocenters. The van der Waals surface area contributed by atoms with Crippen molar-refractivity contribution in [2.24, 2.45) is 17.8 Å². The molecule has 0 amide bonds. The van der Waals surface area contributed by atoms with E-state index in [1.807, 2.05) is 32.2 Å². The molecule has 2 N–H and O–H groups in total. The number of hydrogen-bond donors (Lipinski definition) is 1. The average Bonchev–Trinajstić information content (AvgIpc) is 3.15. The summed E-state index contributed by atoms with van der Waals surface area (Å²) >= 11 is 6.53. The minimum absolute atomic E-state index is 0.0509. The number of nitrogens with two attached hydrogens (primary N) is 1. The summed E-state index contributed by atoms with van der Waals surface area (Å²) in [5.74, 6) is 0.392. The van der Waals surface area contributed by atoms with E-state index in [-0.39, 0.29) is 18.9 Å². The van der Waals surface area contributed by atoms with Crippen molar-refractivity contribution >= 4 is 28.8 Å². The van der Waals surface area contributed by atoms with Crippen LogP contribution in [-0.2, 0) is 7.05 Å². The summed E-state index contributed by atoms with van der Waals surface area (Å²) in [5, 5.41) is 4.77. The number of carbonyl (C=O) groups is 1. The molecule has 0 saturated carbocycles. The fraction of sp³-hybridized carbons (Fsp3) is 0.217. The highest BCUT2D eigenvalue weighted by atomic mass is 35.5. The first-order valence-electron chi connectivity index (χ1n) is 9.76. The van der Waals surface area contributed by atoms with Crippen LogP contribution in [0.15, 0.2) is 41.5 Å². The molecule has 0 aliphatic carbocycles. The highest BCUT2D eigenvalue weighted by Gasteiger charge is 2.26. The van der Waals surface area contributed by atoms with Gasteiger partial charge in [-0.2, -0.15) is 5.10 Å². The van der Waals surface area contributed by atoms with Crippen molar-refractivity contribution < 1.29 is 9.53 Å². The SMILES string of the molecule is [C-]#[N+]c1c(OCC)cccc1-c1c(-c2cc(Cl)c3c(c2)C(CN)=NCC3=O)cnn1C. The number of aryl methyl sites for hydroxylation is 1. The van der Waals surface area contributed by atoms with Gasteiger partial charge in [-0.25, -0.2) is 4.85 Å². The van der Waals surface area contributed by atoms with E-state index in [1.54, 1.807) is 23.0 Å². The molecular weight excluding hydrogens is 414 g/mol. The van der Waals surface area contributed by atoms with Crippen LogP contribution in [0.3, 0.4) is 0 Å². The lowest BCUT2D eigenvalue weighted by Crippen LogP contribution is -2.25. The minimum Gasteiger partial charge on any atom is -0.505 e. The predicted octanol–water partition coefficient (Wildman–Crippen LogP) is 4.30. The Kier molecular flexibility index (Phi) is 5.59. The molecule has 2 heterocycles. The van der Waals surface area contributed by atoms with Crippen LogP contribution in [0.4, 0.5) is 5.69 Å². The van der Waals surface area contributed by atoms with E-state index in [0.29, 0.717) is 45.5 Å². The van der Waals surface area contributed by atoms with Gasteiger partial charge in [-0.15, -0.1) is 0 Å². The van der Waals surface area contributed by atoms with Gasteiger partial charge in [-0.1, -0.05) is 23.7 Å². The molecule has 156 valence electrons. The van der Waals surface area contributed by atoms with E-state index < -0.39 is 0 Å². The third kappa shape index (κ3) is 3.50. The Bertz CT molecular complexity index is 1270. The maximum atomic E-state index is 12.4. The van der Waals surface area contributed by atoms with Crippen LogP contribution in [0.25, 0.3) is 27.2 Å². The number of Topliss-reactive ketones (excluding diaryl/α,β-unsaturated/α-hetero) is 1. The van der Waals surface area contributed by atoms with Crippen molar-refractivity contribution in [1.29, 1.82) is 0 Å². The van der Waals surface area contributed by atoms with Crippen molar-refractivity contribution in [2.45, 2.75) is 6.92 Å². The fourth-order valence-electron chi connectivity index (χ4n) is 3.85. The van der Waals surface area contributed by atoms with Gasteiger partial charge in [0.1, 0.15) is 12.3 Å². The summed E-state index contributed by atoms with van der Waals surface area (Å²) in [6.07, 6.45) is 1.72. The third-order valence-electron chi connectivity index (χ3n) is 5.20. The molecule has 2 aromatic carbocycles. The standard InChI is InChI=1S/C23H20ClN5O2/c1-4-31-20-7-5-6-14(22(20)26-2)23-16(11-28-29(23)3)13-8-15-18(10-25)27-12-19(30)21(15)17(24)9-13/h5-9,11H,4,10,12,25H2,1,3H3. The Morgan fingerprint density at radius 3 is 2.81 bits per heavy atom. The highest BCUT2D eigenvalue weighted by molar-refractivity contribution is 6.36. The van der Waals surface area contributed by atoms with Gasteiger partial charge in [0, 0.05) is 35.8 Å². The second kappa shape index (κ2) is 8.34. The summed E-state index contributed by atoms with van der Waals surface area (Å²) in [6, 6.07) is 9.12. The number of ether oxygens (including phenoxy) is 1. The molecule has 31 heavy (non-hydrogen) atoms. The Balaban J connectivity index is 1.95. The number of hydrogen-bond acceptors (Lipinski definition) is 5. The smallest absolute Gasteiger partial charge is 0.237 e. The van der Waals surface area contributed by atoms with E-state index in [2.05, 4.69) is 14.9 Å². The Labute approximate surface area is 184 Å². The van der Waals surface area contributed by atoms with Gasteiger partial charge in [0.25, 0.3) is 0 Å². The molecule has 3 aromatic rings. The largest absolute Gasteiger partial charge is 0.505 e. The topological polar surface area (TPSA) is 86.9 Å². The molecule has 8 heteroatoms. The Morgan fingerprint density at radius 2 is 2.10 bits per heavy atom. The normalized spacial score (nSPS) is 12.9. The molecule has 1 aliphatic heterocycles. The first-order valence-corrected chi connectivity index (χ1v) is 10.1. The molecular formula is C23H20ClN5O2. The summed E-state index contributed by atoms with van der Waals surface area (Å²) in [5.41, 5.74) is 11.0. The minimum atomic E-state index is -0.130. The van der Waals surface area contributed by atoms with Gasteiger partial charge in [-0.3, -0.25) is 14.5 Å². The maximum absolute atomic E-state index is 12.4. The predicted molar refractivity (Wildman–Crippen MR) is 121 cm³/mol. The molecule has 1 aliphatic rings. The van der Waals surface area contributed by atoms with Gasteiger partial charge >= 0.3 is 0 Å². The fourth-order valence-corrected chi connectivity index (χ4v) is 4.17. The second-order valence-electron chi connectivity index (χ2n) is 7.00. The second-order valence-corrected chi connectivity index (χ2v) is 7.41. The van der Waals surface area contributed by atoms with Gasteiger partial charge in [0.05, 0.1) is 35.8 Å². The van der Waals surface area contributed by atoms with Gasteiger partial charge < -0.3 is 10.5 Å². The molecule has 0 bridgehead atoms. The summed E-state index contributed by atoms with van der Waals surface area (Å²) in [7, 11) is 1.82. The molecule has 0 fully saturated rings. The number of carbonyl (C=O) groups excluding carboxylic acids is 1.